The molecule has 0 aliphatic rings. The topological polar surface area (TPSA) is 53.5 Å². The molecule has 0 bridgehead atoms. The van der Waals surface area contributed by atoms with E-state index in [-0.39, 0.29) is 0 Å². The first kappa shape index (κ1) is 85.4. The van der Waals surface area contributed by atoms with Crippen molar-refractivity contribution >= 4 is 119 Å². The first-order valence-corrected chi connectivity index (χ1v) is 49.3. The minimum absolute atomic E-state index is 0.931. The summed E-state index contributed by atoms with van der Waals surface area (Å²) in [4.78, 5) is 15.3. The number of benzene rings is 25. The van der Waals surface area contributed by atoms with Crippen molar-refractivity contribution in [2.45, 2.75) is 6.92 Å². The van der Waals surface area contributed by atoms with Gasteiger partial charge in [-0.3, -0.25) is 13.7 Å². The van der Waals surface area contributed by atoms with Crippen LogP contribution in [0.4, 0.5) is 0 Å². The molecule has 3 aromatic heterocycles. The highest BCUT2D eigenvalue weighted by Gasteiger charge is 2.26. The molecule has 0 fully saturated rings. The lowest BCUT2D eigenvalue weighted by Crippen LogP contribution is -1.98. The smallest absolute Gasteiger partial charge is 0.145 e. The molecule has 144 heavy (non-hydrogen) atoms. The summed E-state index contributed by atoms with van der Waals surface area (Å²) in [5.74, 6) is 2.82. The van der Waals surface area contributed by atoms with Gasteiger partial charge in [0.25, 0.3) is 0 Å². The Hall–Kier alpha value is -19.0. The van der Waals surface area contributed by atoms with E-state index in [4.69, 9.17) is 15.0 Å². The zero-order valence-corrected chi connectivity index (χ0v) is 79.1. The van der Waals surface area contributed by atoms with Gasteiger partial charge in [-0.2, -0.15) is 0 Å². The number of aryl methyl sites for hydroxylation is 1. The van der Waals surface area contributed by atoms with Gasteiger partial charge in [-0.25, -0.2) is 15.0 Å². The Bertz CT molecular complexity index is 9780. The van der Waals surface area contributed by atoms with Crippen LogP contribution in [0.5, 0.6) is 0 Å². The summed E-state index contributed by atoms with van der Waals surface area (Å²) in [5.41, 5.74) is 33.7. The average molecular weight is 1830 g/mol. The molecule has 25 aromatic carbocycles. The minimum atomic E-state index is 0.931. The zero-order valence-electron chi connectivity index (χ0n) is 79.1. The Balaban J connectivity index is 0.000000111. The number of hydrogen-bond donors (Lipinski definition) is 0. The number of para-hydroxylation sites is 7. The summed E-state index contributed by atoms with van der Waals surface area (Å²) in [6.07, 6.45) is 0. The molecule has 0 spiro atoms. The molecule has 6 heteroatoms. The molecule has 0 aliphatic carbocycles. The van der Waals surface area contributed by atoms with E-state index in [1.54, 1.807) is 0 Å². The lowest BCUT2D eigenvalue weighted by Gasteiger charge is -2.19. The van der Waals surface area contributed by atoms with Crippen LogP contribution in [0.15, 0.2) is 540 Å². The van der Waals surface area contributed by atoms with E-state index in [2.05, 4.69) is 548 Å². The summed E-state index contributed by atoms with van der Waals surface area (Å²) >= 11 is 0. The van der Waals surface area contributed by atoms with Gasteiger partial charge in [0, 0.05) is 33.8 Å². The molecule has 0 amide bonds. The largest absolute Gasteiger partial charge is 0.292 e. The number of imidazole rings is 3. The number of aromatic nitrogens is 6. The second-order valence-corrected chi connectivity index (χ2v) is 37.2. The summed E-state index contributed by atoms with van der Waals surface area (Å²) in [6.45, 7) is 2.18. The van der Waals surface area contributed by atoms with Crippen molar-refractivity contribution in [3.63, 3.8) is 0 Å². The highest BCUT2D eigenvalue weighted by molar-refractivity contribution is 6.25. The predicted molar refractivity (Wildman–Crippen MR) is 608 cm³/mol. The van der Waals surface area contributed by atoms with Crippen LogP contribution in [-0.4, -0.2) is 28.7 Å². The van der Waals surface area contributed by atoms with Gasteiger partial charge < -0.3 is 0 Å². The summed E-state index contributed by atoms with van der Waals surface area (Å²) < 4.78 is 6.82. The fourth-order valence-corrected chi connectivity index (χ4v) is 22.0. The lowest BCUT2D eigenvalue weighted by molar-refractivity contribution is 1.10. The van der Waals surface area contributed by atoms with Crippen molar-refractivity contribution in [2.24, 2.45) is 0 Å². The molecule has 28 rings (SSSR count). The SMILES string of the molecule is Cc1ccc2c(-c3ccccc3)c3ccccc3c(-c3ccc(-n4c(-c5ccccc5)nc5ccccc54)cc3)c2c1.c1ccc(-c2ccc(-c3c4ccccc4c(-c4ccccc4)c4cc(-c5nc6ccccc6n5-c5ccccc5)ccc34)cc2)cc1.c1ccc(-c2nc3ccccc3n2-c2ccc(-c3ccc4c(-c5ccc6ccccc6c5)c5ccccc5c(-c5ccc6ccccc6c5)c4c3)cc2)cc1. The van der Waals surface area contributed by atoms with Crippen LogP contribution in [0.3, 0.4) is 0 Å². The first-order valence-electron chi connectivity index (χ1n) is 49.3. The van der Waals surface area contributed by atoms with Gasteiger partial charge in [0.2, 0.25) is 0 Å². The van der Waals surface area contributed by atoms with Crippen LogP contribution in [0, 0.1) is 6.92 Å². The Morgan fingerprint density at radius 3 is 0.792 bits per heavy atom. The van der Waals surface area contributed by atoms with Crippen LogP contribution in [-0.2, 0) is 0 Å². The second kappa shape index (κ2) is 36.7. The van der Waals surface area contributed by atoms with Crippen molar-refractivity contribution < 1.29 is 0 Å². The maximum atomic E-state index is 5.21. The fraction of sp³-hybridized carbons (Fsp3) is 0.00725. The Morgan fingerprint density at radius 2 is 0.375 bits per heavy atom. The Labute approximate surface area is 834 Å². The van der Waals surface area contributed by atoms with Crippen molar-refractivity contribution in [2.75, 3.05) is 0 Å². The predicted octanol–water partition coefficient (Wildman–Crippen LogP) is 36.9. The number of hydrogen-bond acceptors (Lipinski definition) is 3. The summed E-state index contributed by atoms with van der Waals surface area (Å²) in [5, 5.41) is 20.0. The van der Waals surface area contributed by atoms with Crippen LogP contribution in [0.2, 0.25) is 0 Å². The molecule has 0 saturated carbocycles. The van der Waals surface area contributed by atoms with E-state index in [1.807, 2.05) is 12.1 Å². The fourth-order valence-electron chi connectivity index (χ4n) is 22.0. The van der Waals surface area contributed by atoms with E-state index in [9.17, 15) is 0 Å². The molecular weight excluding hydrogens is 1740 g/mol. The maximum absolute atomic E-state index is 5.21. The number of nitrogens with zero attached hydrogens (tertiary/aromatic N) is 6. The van der Waals surface area contributed by atoms with E-state index < -0.39 is 0 Å². The minimum Gasteiger partial charge on any atom is -0.292 e. The third-order valence-electron chi connectivity index (χ3n) is 28.6. The monoisotopic (exact) mass is 1830 g/mol. The van der Waals surface area contributed by atoms with E-state index in [0.29, 0.717) is 0 Å². The first-order chi connectivity index (χ1) is 71.4. The zero-order chi connectivity index (χ0) is 95.5. The van der Waals surface area contributed by atoms with E-state index >= 15 is 0 Å². The van der Waals surface area contributed by atoms with Crippen molar-refractivity contribution in [1.29, 1.82) is 0 Å². The van der Waals surface area contributed by atoms with Crippen LogP contribution in [0.25, 0.3) is 260 Å². The molecule has 3 heterocycles. The second-order valence-electron chi connectivity index (χ2n) is 37.2. The summed E-state index contributed by atoms with van der Waals surface area (Å²) in [7, 11) is 0. The molecule has 0 N–H and O–H groups in total. The van der Waals surface area contributed by atoms with Gasteiger partial charge in [0.05, 0.1) is 33.1 Å². The van der Waals surface area contributed by atoms with Gasteiger partial charge >= 0.3 is 0 Å². The number of rotatable bonds is 14. The lowest BCUT2D eigenvalue weighted by atomic mass is 9.84. The molecule has 0 aliphatic heterocycles. The van der Waals surface area contributed by atoms with E-state index in [0.717, 1.165) is 84.3 Å². The number of fused-ring (bicyclic) bond motifs is 11. The van der Waals surface area contributed by atoms with Gasteiger partial charge in [0.15, 0.2) is 0 Å². The quantitative estimate of drug-likeness (QED) is 0.102. The molecule has 6 nitrogen and oxygen atoms in total. The Morgan fingerprint density at radius 1 is 0.139 bits per heavy atom. The molecular formula is C138H92N6. The molecule has 28 aromatic rings. The maximum Gasteiger partial charge on any atom is 0.145 e. The van der Waals surface area contributed by atoms with Crippen LogP contribution in [0.1, 0.15) is 5.56 Å². The molecule has 0 atom stereocenters. The molecule has 0 unspecified atom stereocenters. The summed E-state index contributed by atoms with van der Waals surface area (Å²) in [6, 6.07) is 194. The van der Waals surface area contributed by atoms with Crippen LogP contribution >= 0.6 is 0 Å². The Kier molecular flexibility index (Phi) is 21.8. The average Bonchev–Trinajstić information content (AvgIpc) is 0.999. The van der Waals surface area contributed by atoms with Gasteiger partial charge in [-0.1, -0.05) is 448 Å². The molecule has 674 valence electrons. The van der Waals surface area contributed by atoms with Crippen molar-refractivity contribution in [3.8, 4) is 140 Å². The molecule has 0 saturated heterocycles. The third-order valence-corrected chi connectivity index (χ3v) is 28.6. The highest BCUT2D eigenvalue weighted by Crippen LogP contribution is 2.51. The van der Waals surface area contributed by atoms with E-state index in [1.165, 1.54) is 181 Å². The van der Waals surface area contributed by atoms with Gasteiger partial charge in [-0.05, 0) is 279 Å². The van der Waals surface area contributed by atoms with Crippen LogP contribution < -0.4 is 0 Å². The van der Waals surface area contributed by atoms with Gasteiger partial charge in [0.1, 0.15) is 17.5 Å². The molecule has 0 radical (unpaired) electrons. The van der Waals surface area contributed by atoms with Crippen molar-refractivity contribution in [1.82, 2.24) is 28.7 Å². The standard InChI is InChI=1S/C53H34N2.C45H30N2.C40H28N2/c1-2-14-38(15-3-1)53-54-49-20-10-11-21-50(49)55(53)44-29-26-37(27-30-44)41-28-31-47-48(34-41)52(43-25-23-36-13-5-7-17-40(36)33-43)46-19-9-8-18-45(46)51(47)42-24-22-35-12-4-6-16-39(35)32-42;1-4-14-31(15-5-1)32-24-26-34(27-25-32)43-37-20-10-11-21-38(37)44(33-16-6-2-7-17-33)40-30-35(28-29-39(40)43)45-46-41-22-12-13-23-42(41)47(45)36-18-8-3-9-19-36;1-27-20-25-34-35(26-27)39(33-17-9-8-16-32(33)38(34)28-12-4-2-5-13-28)29-21-23-31(24-22-29)42-37-19-11-10-18-36(37)41-40(42)30-14-6-3-7-15-30/h1-34H;1-30H;2-26H,1H3. The van der Waals surface area contributed by atoms with Crippen molar-refractivity contribution in [3.05, 3.63) is 545 Å². The van der Waals surface area contributed by atoms with Gasteiger partial charge in [-0.15, -0.1) is 0 Å². The highest BCUT2D eigenvalue weighted by atomic mass is 15.1. The normalized spacial score (nSPS) is 11.5. The third kappa shape index (κ3) is 15.5.